The number of hydrogen-bond acceptors (Lipinski definition) is 3. The van der Waals surface area contributed by atoms with Crippen LogP contribution < -0.4 is 5.32 Å². The van der Waals surface area contributed by atoms with E-state index in [0.29, 0.717) is 6.04 Å². The molecule has 0 saturated carbocycles. The van der Waals surface area contributed by atoms with Gasteiger partial charge in [-0.15, -0.1) is 0 Å². The average molecular weight is 205 g/mol. The van der Waals surface area contributed by atoms with Gasteiger partial charge in [0, 0.05) is 12.5 Å². The topological polar surface area (TPSA) is 38.3 Å². The molecule has 1 N–H and O–H groups in total. The van der Waals surface area contributed by atoms with Gasteiger partial charge in [-0.25, -0.2) is 0 Å². The highest BCUT2D eigenvalue weighted by molar-refractivity contribution is 5.01. The molecule has 3 nitrogen and oxygen atoms in total. The number of rotatable bonds is 5. The van der Waals surface area contributed by atoms with Gasteiger partial charge in [0.15, 0.2) is 0 Å². The Morgan fingerprint density at radius 2 is 1.80 bits per heavy atom. The summed E-state index contributed by atoms with van der Waals surface area (Å²) >= 11 is 0. The van der Waals surface area contributed by atoms with Gasteiger partial charge in [-0.1, -0.05) is 0 Å². The van der Waals surface area contributed by atoms with Crippen molar-refractivity contribution >= 4 is 0 Å². The van der Waals surface area contributed by atoms with E-state index in [4.69, 9.17) is 8.83 Å². The Labute approximate surface area is 89.1 Å². The fraction of sp³-hybridized carbons (Fsp3) is 0.333. The quantitative estimate of drug-likeness (QED) is 0.815. The molecular formula is C12H15NO2. The third-order valence-corrected chi connectivity index (χ3v) is 2.29. The summed E-state index contributed by atoms with van der Waals surface area (Å²) in [6, 6.07) is 8.14. The molecule has 0 spiro atoms. The molecule has 0 amide bonds. The molecule has 0 aromatic carbocycles. The van der Waals surface area contributed by atoms with Crippen LogP contribution in [-0.4, -0.2) is 6.04 Å². The van der Waals surface area contributed by atoms with Crippen LogP contribution in [0, 0.1) is 0 Å². The van der Waals surface area contributed by atoms with Gasteiger partial charge in [0.05, 0.1) is 19.1 Å². The Balaban J connectivity index is 1.76. The first-order valence-electron chi connectivity index (χ1n) is 5.13. The summed E-state index contributed by atoms with van der Waals surface area (Å²) < 4.78 is 10.5. The molecule has 80 valence electrons. The highest BCUT2D eigenvalue weighted by Gasteiger charge is 2.05. The third-order valence-electron chi connectivity index (χ3n) is 2.29. The highest BCUT2D eigenvalue weighted by Crippen LogP contribution is 2.05. The maximum absolute atomic E-state index is 5.28. The van der Waals surface area contributed by atoms with E-state index in [1.54, 1.807) is 12.5 Å². The summed E-state index contributed by atoms with van der Waals surface area (Å²) in [6.07, 6.45) is 4.29. The Morgan fingerprint density at radius 1 is 1.13 bits per heavy atom. The molecule has 15 heavy (non-hydrogen) atoms. The van der Waals surface area contributed by atoms with Crippen molar-refractivity contribution in [2.75, 3.05) is 0 Å². The first-order chi connectivity index (χ1) is 7.34. The second-order valence-electron chi connectivity index (χ2n) is 3.64. The van der Waals surface area contributed by atoms with Gasteiger partial charge in [-0.05, 0) is 31.2 Å². The highest BCUT2D eigenvalue weighted by atomic mass is 16.3. The van der Waals surface area contributed by atoms with E-state index in [1.165, 1.54) is 0 Å². The lowest BCUT2D eigenvalue weighted by Gasteiger charge is -2.10. The number of furan rings is 2. The lowest BCUT2D eigenvalue weighted by atomic mass is 10.2. The molecule has 0 aliphatic rings. The molecule has 1 unspecified atom stereocenters. The largest absolute Gasteiger partial charge is 0.469 e. The predicted molar refractivity (Wildman–Crippen MR) is 57.4 cm³/mol. The van der Waals surface area contributed by atoms with E-state index >= 15 is 0 Å². The van der Waals surface area contributed by atoms with Gasteiger partial charge in [0.2, 0.25) is 0 Å². The second-order valence-corrected chi connectivity index (χ2v) is 3.64. The minimum atomic E-state index is 0.376. The van der Waals surface area contributed by atoms with Crippen LogP contribution in [0.1, 0.15) is 18.4 Å². The molecule has 0 aliphatic heterocycles. The molecule has 0 radical (unpaired) electrons. The zero-order valence-electron chi connectivity index (χ0n) is 8.77. The monoisotopic (exact) mass is 205 g/mol. The van der Waals surface area contributed by atoms with Crippen LogP contribution in [0.25, 0.3) is 0 Å². The maximum Gasteiger partial charge on any atom is 0.117 e. The zero-order chi connectivity index (χ0) is 10.5. The normalized spacial score (nSPS) is 12.9. The minimum absolute atomic E-state index is 0.376. The van der Waals surface area contributed by atoms with E-state index in [2.05, 4.69) is 12.2 Å². The first kappa shape index (κ1) is 10.1. The van der Waals surface area contributed by atoms with Gasteiger partial charge >= 0.3 is 0 Å². The van der Waals surface area contributed by atoms with E-state index in [1.807, 2.05) is 24.3 Å². The first-order valence-corrected chi connectivity index (χ1v) is 5.13. The van der Waals surface area contributed by atoms with Gasteiger partial charge < -0.3 is 14.2 Å². The molecule has 3 heteroatoms. The van der Waals surface area contributed by atoms with Crippen molar-refractivity contribution in [2.24, 2.45) is 0 Å². The maximum atomic E-state index is 5.28. The molecule has 1 atom stereocenters. The van der Waals surface area contributed by atoms with E-state index < -0.39 is 0 Å². The fourth-order valence-corrected chi connectivity index (χ4v) is 1.49. The van der Waals surface area contributed by atoms with Crippen molar-refractivity contribution in [1.82, 2.24) is 5.32 Å². The molecule has 2 rings (SSSR count). The van der Waals surface area contributed by atoms with E-state index in [-0.39, 0.29) is 0 Å². The Morgan fingerprint density at radius 3 is 2.40 bits per heavy atom. The van der Waals surface area contributed by atoms with Crippen LogP contribution in [0.2, 0.25) is 0 Å². The summed E-state index contributed by atoms with van der Waals surface area (Å²) in [5.41, 5.74) is 0. The van der Waals surface area contributed by atoms with Crippen molar-refractivity contribution in [3.8, 4) is 0 Å². The van der Waals surface area contributed by atoms with Gasteiger partial charge in [0.1, 0.15) is 11.5 Å². The van der Waals surface area contributed by atoms with Crippen molar-refractivity contribution in [3.05, 3.63) is 48.3 Å². The van der Waals surface area contributed by atoms with Crippen LogP contribution in [0.15, 0.2) is 45.6 Å². The summed E-state index contributed by atoms with van der Waals surface area (Å²) in [4.78, 5) is 0. The van der Waals surface area contributed by atoms with Crippen LogP contribution in [0.5, 0.6) is 0 Å². The molecule has 0 fully saturated rings. The van der Waals surface area contributed by atoms with Crippen molar-refractivity contribution in [2.45, 2.75) is 25.9 Å². The van der Waals surface area contributed by atoms with Crippen molar-refractivity contribution in [1.29, 1.82) is 0 Å². The van der Waals surface area contributed by atoms with Crippen LogP contribution in [0.3, 0.4) is 0 Å². The van der Waals surface area contributed by atoms with E-state index in [9.17, 15) is 0 Å². The molecule has 0 aliphatic carbocycles. The van der Waals surface area contributed by atoms with E-state index in [0.717, 1.165) is 24.5 Å². The fourth-order valence-electron chi connectivity index (χ4n) is 1.49. The van der Waals surface area contributed by atoms with Gasteiger partial charge in [-0.2, -0.15) is 0 Å². The molecule has 2 heterocycles. The lowest BCUT2D eigenvalue weighted by Crippen LogP contribution is -2.27. The number of nitrogens with one attached hydrogen (secondary N) is 1. The van der Waals surface area contributed by atoms with Crippen molar-refractivity contribution in [3.63, 3.8) is 0 Å². The Bertz CT molecular complexity index is 364. The Hall–Kier alpha value is -1.48. The lowest BCUT2D eigenvalue weighted by molar-refractivity contribution is 0.427. The summed E-state index contributed by atoms with van der Waals surface area (Å²) in [5, 5.41) is 3.37. The average Bonchev–Trinajstić information content (AvgIpc) is 2.86. The number of hydrogen-bond donors (Lipinski definition) is 1. The SMILES string of the molecule is CC(Cc1ccco1)NCc1ccco1. The predicted octanol–water partition coefficient (Wildman–Crippen LogP) is 2.59. The molecule has 0 bridgehead atoms. The molecule has 0 saturated heterocycles. The summed E-state index contributed by atoms with van der Waals surface area (Å²) in [5.74, 6) is 1.97. The van der Waals surface area contributed by atoms with Crippen LogP contribution in [0.4, 0.5) is 0 Å². The van der Waals surface area contributed by atoms with Gasteiger partial charge in [-0.3, -0.25) is 0 Å². The third kappa shape index (κ3) is 2.99. The summed E-state index contributed by atoms with van der Waals surface area (Å²) in [6.45, 7) is 2.89. The minimum Gasteiger partial charge on any atom is -0.469 e. The summed E-state index contributed by atoms with van der Waals surface area (Å²) in [7, 11) is 0. The van der Waals surface area contributed by atoms with Crippen LogP contribution in [-0.2, 0) is 13.0 Å². The smallest absolute Gasteiger partial charge is 0.117 e. The second kappa shape index (κ2) is 4.84. The standard InChI is InChI=1S/C12H15NO2/c1-10(8-11-4-2-6-14-11)13-9-12-5-3-7-15-12/h2-7,10,13H,8-9H2,1H3. The molecular weight excluding hydrogens is 190 g/mol. The molecule has 2 aromatic heterocycles. The molecule has 2 aromatic rings. The zero-order valence-corrected chi connectivity index (χ0v) is 8.77. The van der Waals surface area contributed by atoms with Gasteiger partial charge in [0.25, 0.3) is 0 Å². The Kier molecular flexibility index (Phi) is 3.25. The van der Waals surface area contributed by atoms with Crippen molar-refractivity contribution < 1.29 is 8.83 Å². The van der Waals surface area contributed by atoms with Crippen LogP contribution >= 0.6 is 0 Å².